The van der Waals surface area contributed by atoms with Gasteiger partial charge in [-0.15, -0.1) is 0 Å². The van der Waals surface area contributed by atoms with Gasteiger partial charge in [0.05, 0.1) is 23.2 Å². The number of likely N-dealkylation sites (N-methyl/N-ethyl adjacent to an activating group) is 1. The van der Waals surface area contributed by atoms with Gasteiger partial charge in [0.1, 0.15) is 17.5 Å². The fourth-order valence-electron chi connectivity index (χ4n) is 13.8. The lowest BCUT2D eigenvalue weighted by molar-refractivity contribution is -0.375. The Morgan fingerprint density at radius 1 is 1.02 bits per heavy atom. The molecular formula is C36H51NO8. The molecule has 6 fully saturated rings. The Kier molecular flexibility index (Phi) is 6.48. The molecule has 9 nitrogen and oxygen atoms in total. The van der Waals surface area contributed by atoms with Crippen LogP contribution in [-0.4, -0.2) is 86.0 Å². The van der Waals surface area contributed by atoms with Crippen LogP contribution in [0, 0.1) is 52.3 Å². The van der Waals surface area contributed by atoms with Gasteiger partial charge in [0.15, 0.2) is 5.60 Å². The number of aliphatic hydroxyl groups is 5. The normalized spacial score (nSPS) is 56.1. The lowest BCUT2D eigenvalue weighted by atomic mass is 9.35. The number of esters is 1. The molecule has 6 N–H and O–H groups in total. The molecule has 0 radical (unpaired) electrons. The number of rotatable bonds is 4. The van der Waals surface area contributed by atoms with E-state index in [9.17, 15) is 35.1 Å². The number of hydrogen-bond donors (Lipinski definition) is 6. The van der Waals surface area contributed by atoms with Crippen LogP contribution in [0.3, 0.4) is 0 Å². The van der Waals surface area contributed by atoms with Crippen LogP contribution in [0.15, 0.2) is 23.3 Å². The molecule has 6 saturated carbocycles. The fourth-order valence-corrected chi connectivity index (χ4v) is 13.8. The number of carbonyl (C=O) groups excluding carboxylic acids is 2. The maximum Gasteiger partial charge on any atom is 0.332 e. The van der Waals surface area contributed by atoms with Crippen LogP contribution in [0.25, 0.3) is 0 Å². The molecule has 248 valence electrons. The molecule has 0 aromatic rings. The van der Waals surface area contributed by atoms with E-state index in [1.165, 1.54) is 0 Å². The van der Waals surface area contributed by atoms with Gasteiger partial charge >= 0.3 is 5.97 Å². The quantitative estimate of drug-likeness (QED) is 0.157. The number of aldehydes is 1. The molecule has 0 amide bonds. The number of aliphatic hydroxyl groups excluding tert-OH is 2. The zero-order chi connectivity index (χ0) is 31.9. The zero-order valence-electron chi connectivity index (χ0n) is 26.9. The average molecular weight is 626 g/mol. The first kappa shape index (κ1) is 30.7. The Morgan fingerprint density at radius 3 is 2.51 bits per heavy atom. The number of fused-ring (bicyclic) bond motifs is 3. The minimum Gasteiger partial charge on any atom is -0.447 e. The molecule has 0 saturated heterocycles. The highest BCUT2D eigenvalue weighted by atomic mass is 16.6. The maximum absolute atomic E-state index is 13.7. The maximum atomic E-state index is 13.7. The summed E-state index contributed by atoms with van der Waals surface area (Å²) in [6.07, 6.45) is 7.47. The van der Waals surface area contributed by atoms with E-state index in [1.54, 1.807) is 6.08 Å². The first-order chi connectivity index (χ1) is 21.3. The summed E-state index contributed by atoms with van der Waals surface area (Å²) in [5.41, 5.74) is -6.82. The summed E-state index contributed by atoms with van der Waals surface area (Å²) in [6, 6.07) is 0. The molecule has 1 spiro atoms. The first-order valence-corrected chi connectivity index (χ1v) is 17.6. The number of ether oxygens (including phenoxy) is 1. The number of carbonyl (C=O) groups is 2. The predicted octanol–water partition coefficient (Wildman–Crippen LogP) is 2.18. The van der Waals surface area contributed by atoms with Gasteiger partial charge in [-0.1, -0.05) is 19.9 Å². The summed E-state index contributed by atoms with van der Waals surface area (Å²) < 4.78 is 6.15. The standard InChI is InChI=1S/C36H51NO8/c1-19(2)20-5-6-23-26(39)7-11-32(18-38)27-8-12-31-9-4-10-33-22(17-37-3)13-21(29(31)24(33)15-28(40)45-33)16-34(31,42)36(27,44)30(41)25(14-20)35(23,32)43/h13,15,18-21,23,25-27,29-30,37,39,41-44H,4-12,14,16-17H2,1-3H3/t20-,21-,23+,25-,26-,27+,29+,30+,31+,32-,33+,34+,35+,36+/m0/s1. The van der Waals surface area contributed by atoms with Crippen molar-refractivity contribution in [1.82, 2.24) is 5.32 Å². The van der Waals surface area contributed by atoms with Crippen molar-refractivity contribution in [2.24, 2.45) is 52.3 Å². The Bertz CT molecular complexity index is 1380. The summed E-state index contributed by atoms with van der Waals surface area (Å²) in [5.74, 6) is -2.83. The second-order valence-corrected chi connectivity index (χ2v) is 16.8. The third kappa shape index (κ3) is 3.23. The van der Waals surface area contributed by atoms with Crippen molar-refractivity contribution >= 4 is 12.3 Å². The van der Waals surface area contributed by atoms with Crippen molar-refractivity contribution in [2.75, 3.05) is 13.6 Å². The molecule has 45 heavy (non-hydrogen) atoms. The summed E-state index contributed by atoms with van der Waals surface area (Å²) in [7, 11) is 1.86. The van der Waals surface area contributed by atoms with Gasteiger partial charge in [-0.3, -0.25) is 0 Å². The monoisotopic (exact) mass is 625 g/mol. The van der Waals surface area contributed by atoms with Crippen molar-refractivity contribution in [1.29, 1.82) is 0 Å². The molecule has 2 bridgehead atoms. The topological polar surface area (TPSA) is 157 Å². The molecule has 9 heteroatoms. The van der Waals surface area contributed by atoms with Crippen molar-refractivity contribution in [3.05, 3.63) is 23.3 Å². The zero-order valence-corrected chi connectivity index (χ0v) is 26.9. The molecule has 1 aliphatic heterocycles. The van der Waals surface area contributed by atoms with E-state index in [-0.39, 0.29) is 42.5 Å². The van der Waals surface area contributed by atoms with Crippen LogP contribution in [0.4, 0.5) is 0 Å². The lowest BCUT2D eigenvalue weighted by Crippen LogP contribution is -2.85. The predicted molar refractivity (Wildman–Crippen MR) is 163 cm³/mol. The Morgan fingerprint density at radius 2 is 1.80 bits per heavy atom. The van der Waals surface area contributed by atoms with E-state index in [1.807, 2.05) is 7.05 Å². The Balaban J connectivity index is 1.34. The third-order valence-electron chi connectivity index (χ3n) is 15.5. The minimum absolute atomic E-state index is 0.117. The molecule has 7 aliphatic carbocycles. The SMILES string of the molecule is CNCC1=C[C@H]2C[C@@]3(O)[C@]4(CCC[C@@]15OC(=O)C=C5[C@@H]24)CC[C@H]1[C@@]3(O)[C@H](O)[C@@H]2C[C@@H](C(C)C)CC[C@@H]3[C@@H](O)CC[C@@]1(C=O)[C@@]32O. The molecule has 0 unspecified atom stereocenters. The van der Waals surface area contributed by atoms with E-state index in [4.69, 9.17) is 4.74 Å². The highest BCUT2D eigenvalue weighted by Gasteiger charge is 2.85. The van der Waals surface area contributed by atoms with Gasteiger partial charge in [0, 0.05) is 35.8 Å². The van der Waals surface area contributed by atoms with Crippen molar-refractivity contribution in [3.8, 4) is 0 Å². The first-order valence-electron chi connectivity index (χ1n) is 17.6. The highest BCUT2D eigenvalue weighted by Crippen LogP contribution is 2.78. The van der Waals surface area contributed by atoms with Gasteiger partial charge < -0.3 is 40.4 Å². The Labute approximate surface area is 265 Å². The number of allylic oxidation sites excluding steroid dienone is 1. The number of nitrogens with one attached hydrogen (secondary N) is 1. The Hall–Kier alpha value is -1.62. The summed E-state index contributed by atoms with van der Waals surface area (Å²) >= 11 is 0. The second-order valence-electron chi connectivity index (χ2n) is 16.8. The van der Waals surface area contributed by atoms with E-state index in [0.29, 0.717) is 57.9 Å². The van der Waals surface area contributed by atoms with E-state index in [0.717, 1.165) is 23.9 Å². The molecule has 1 heterocycles. The fraction of sp³-hybridized carbons (Fsp3) is 0.833. The molecule has 0 aromatic heterocycles. The van der Waals surface area contributed by atoms with Gasteiger partial charge in [0.25, 0.3) is 0 Å². The van der Waals surface area contributed by atoms with Crippen LogP contribution in [-0.2, 0) is 14.3 Å². The van der Waals surface area contributed by atoms with E-state index in [2.05, 4.69) is 25.2 Å². The lowest BCUT2D eigenvalue weighted by Gasteiger charge is -2.73. The average Bonchev–Trinajstić information content (AvgIpc) is 3.35. The van der Waals surface area contributed by atoms with Crippen molar-refractivity contribution < 1.29 is 39.9 Å². The molecule has 8 aliphatic rings. The summed E-state index contributed by atoms with van der Waals surface area (Å²) in [6.45, 7) is 4.77. The van der Waals surface area contributed by atoms with Gasteiger partial charge in [0.2, 0.25) is 0 Å². The molecular weight excluding hydrogens is 574 g/mol. The summed E-state index contributed by atoms with van der Waals surface area (Å²) in [5, 5.41) is 67.3. The smallest absolute Gasteiger partial charge is 0.332 e. The highest BCUT2D eigenvalue weighted by molar-refractivity contribution is 5.88. The van der Waals surface area contributed by atoms with Gasteiger partial charge in [-0.2, -0.15) is 0 Å². The second kappa shape index (κ2) is 9.50. The van der Waals surface area contributed by atoms with Crippen LogP contribution in [0.2, 0.25) is 0 Å². The van der Waals surface area contributed by atoms with Crippen LogP contribution in [0.1, 0.15) is 84.5 Å². The van der Waals surface area contributed by atoms with Crippen molar-refractivity contribution in [3.63, 3.8) is 0 Å². The van der Waals surface area contributed by atoms with Crippen LogP contribution >= 0.6 is 0 Å². The summed E-state index contributed by atoms with van der Waals surface area (Å²) in [4.78, 5) is 26.6. The minimum atomic E-state index is -2.08. The molecule has 0 aromatic carbocycles. The van der Waals surface area contributed by atoms with E-state index >= 15 is 0 Å². The van der Waals surface area contributed by atoms with Gasteiger partial charge in [-0.25, -0.2) is 4.79 Å². The molecule has 8 rings (SSSR count). The van der Waals surface area contributed by atoms with Crippen molar-refractivity contribution in [2.45, 2.75) is 119 Å². The van der Waals surface area contributed by atoms with Gasteiger partial charge in [-0.05, 0) is 112 Å². The molecule has 14 atom stereocenters. The number of hydrogen-bond acceptors (Lipinski definition) is 9. The third-order valence-corrected chi connectivity index (χ3v) is 15.5. The largest absolute Gasteiger partial charge is 0.447 e. The van der Waals surface area contributed by atoms with Crippen LogP contribution < -0.4 is 5.32 Å². The van der Waals surface area contributed by atoms with E-state index < -0.39 is 63.2 Å². The van der Waals surface area contributed by atoms with Crippen LogP contribution in [0.5, 0.6) is 0 Å².